The summed E-state index contributed by atoms with van der Waals surface area (Å²) in [7, 11) is 0. The third-order valence-corrected chi connectivity index (χ3v) is 6.55. The lowest BCUT2D eigenvalue weighted by molar-refractivity contribution is -0.114. The lowest BCUT2D eigenvalue weighted by Gasteiger charge is -2.37. The Kier molecular flexibility index (Phi) is 4.98. The second kappa shape index (κ2) is 7.82. The Labute approximate surface area is 181 Å². The van der Waals surface area contributed by atoms with Crippen LogP contribution in [0.5, 0.6) is 0 Å². The van der Waals surface area contributed by atoms with Crippen molar-refractivity contribution in [3.05, 3.63) is 66.2 Å². The summed E-state index contributed by atoms with van der Waals surface area (Å²) in [5.41, 5.74) is 3.56. The largest absolute Gasteiger partial charge is 0.393 e. The van der Waals surface area contributed by atoms with E-state index in [0.29, 0.717) is 18.4 Å². The molecular weight excluding hydrogens is 388 g/mol. The Balaban J connectivity index is 1.42. The molecule has 0 radical (unpaired) electrons. The van der Waals surface area contributed by atoms with Gasteiger partial charge in [-0.25, -0.2) is 0 Å². The van der Waals surface area contributed by atoms with Crippen LogP contribution in [0.2, 0.25) is 0 Å². The molecule has 2 amide bonds. The van der Waals surface area contributed by atoms with Gasteiger partial charge < -0.3 is 15.3 Å². The molecule has 31 heavy (non-hydrogen) atoms. The van der Waals surface area contributed by atoms with Gasteiger partial charge in [0.2, 0.25) is 5.91 Å². The fourth-order valence-electron chi connectivity index (χ4n) is 5.17. The molecule has 2 bridgehead atoms. The number of nitrogens with one attached hydrogen (secondary N) is 1. The van der Waals surface area contributed by atoms with Gasteiger partial charge in [0.15, 0.2) is 0 Å². The molecule has 2 aliphatic rings. The minimum atomic E-state index is -0.277. The van der Waals surface area contributed by atoms with Gasteiger partial charge in [0.1, 0.15) is 0 Å². The maximum absolute atomic E-state index is 13.2. The first-order valence-electron chi connectivity index (χ1n) is 10.9. The molecule has 5 heteroatoms. The summed E-state index contributed by atoms with van der Waals surface area (Å²) in [6.07, 6.45) is 3.08. The summed E-state index contributed by atoms with van der Waals surface area (Å²) in [4.78, 5) is 26.6. The number of aliphatic hydroxyl groups is 1. The predicted molar refractivity (Wildman–Crippen MR) is 122 cm³/mol. The van der Waals surface area contributed by atoms with E-state index in [1.807, 2.05) is 59.5 Å². The smallest absolute Gasteiger partial charge is 0.254 e. The molecule has 2 fully saturated rings. The fourth-order valence-corrected chi connectivity index (χ4v) is 5.17. The van der Waals surface area contributed by atoms with E-state index in [2.05, 4.69) is 11.4 Å². The molecule has 0 spiro atoms. The minimum absolute atomic E-state index is 0.0772. The Morgan fingerprint density at radius 3 is 2.32 bits per heavy atom. The summed E-state index contributed by atoms with van der Waals surface area (Å²) >= 11 is 0. The van der Waals surface area contributed by atoms with Crippen LogP contribution >= 0.6 is 0 Å². The van der Waals surface area contributed by atoms with Crippen molar-refractivity contribution in [1.82, 2.24) is 4.90 Å². The summed E-state index contributed by atoms with van der Waals surface area (Å²) < 4.78 is 0. The lowest BCUT2D eigenvalue weighted by Crippen LogP contribution is -2.47. The zero-order chi connectivity index (χ0) is 21.5. The average molecular weight is 415 g/mol. The van der Waals surface area contributed by atoms with Crippen LogP contribution in [0.3, 0.4) is 0 Å². The summed E-state index contributed by atoms with van der Waals surface area (Å²) in [5.74, 6) is -0.0158. The minimum Gasteiger partial charge on any atom is -0.393 e. The van der Waals surface area contributed by atoms with Crippen molar-refractivity contribution in [3.8, 4) is 11.1 Å². The zero-order valence-corrected chi connectivity index (χ0v) is 17.5. The first kappa shape index (κ1) is 19.8. The number of carbonyl (C=O) groups is 2. The third-order valence-electron chi connectivity index (χ3n) is 6.55. The van der Waals surface area contributed by atoms with Gasteiger partial charge in [0.25, 0.3) is 5.91 Å². The van der Waals surface area contributed by atoms with Crippen molar-refractivity contribution in [3.63, 3.8) is 0 Å². The molecule has 2 aliphatic heterocycles. The molecule has 2 saturated heterocycles. The second-order valence-electron chi connectivity index (χ2n) is 8.76. The van der Waals surface area contributed by atoms with Gasteiger partial charge in [-0.3, -0.25) is 9.59 Å². The van der Waals surface area contributed by atoms with E-state index >= 15 is 0 Å². The number of rotatable bonds is 3. The number of carbonyl (C=O) groups excluding carboxylic acids is 2. The maximum atomic E-state index is 13.2. The third kappa shape index (κ3) is 3.81. The zero-order valence-electron chi connectivity index (χ0n) is 17.5. The first-order chi connectivity index (χ1) is 15.0. The maximum Gasteiger partial charge on any atom is 0.254 e. The van der Waals surface area contributed by atoms with Crippen molar-refractivity contribution in [2.75, 3.05) is 5.32 Å². The van der Waals surface area contributed by atoms with Gasteiger partial charge in [0, 0.05) is 30.3 Å². The van der Waals surface area contributed by atoms with Gasteiger partial charge in [-0.05, 0) is 77.9 Å². The highest BCUT2D eigenvalue weighted by molar-refractivity contribution is 6.00. The molecule has 2 heterocycles. The van der Waals surface area contributed by atoms with Crippen LogP contribution in [-0.4, -0.2) is 40.0 Å². The van der Waals surface area contributed by atoms with Crippen LogP contribution in [0, 0.1) is 0 Å². The van der Waals surface area contributed by atoms with E-state index in [-0.39, 0.29) is 30.0 Å². The number of amides is 2. The van der Waals surface area contributed by atoms with Crippen molar-refractivity contribution in [2.24, 2.45) is 0 Å². The topological polar surface area (TPSA) is 69.6 Å². The van der Waals surface area contributed by atoms with Gasteiger partial charge in [-0.2, -0.15) is 0 Å². The Bertz CT molecular complexity index is 1160. The Hall–Kier alpha value is -3.18. The van der Waals surface area contributed by atoms with Crippen LogP contribution < -0.4 is 5.32 Å². The van der Waals surface area contributed by atoms with Crippen molar-refractivity contribution in [2.45, 2.75) is 50.8 Å². The van der Waals surface area contributed by atoms with Gasteiger partial charge in [-0.1, -0.05) is 30.3 Å². The van der Waals surface area contributed by atoms with Crippen LogP contribution in [0.25, 0.3) is 21.9 Å². The SMILES string of the molecule is CC(=O)Nc1cccc(-c2ccc3cc(C(=O)N4[C@@H]5CC[C@H]4CC(O)C5)ccc3c2)c1. The number of piperidine rings is 1. The van der Waals surface area contributed by atoms with Crippen LogP contribution in [0.4, 0.5) is 5.69 Å². The standard InChI is InChI=1S/C26H26N2O3/c1-16(29)27-22-4-2-3-17(13-22)18-5-6-20-12-21(8-7-19(20)11-18)26(31)28-23-9-10-24(28)15-25(30)14-23/h2-8,11-13,23-25,30H,9-10,14-15H2,1H3,(H,27,29)/t23-,24+,25?. The van der Waals surface area contributed by atoms with E-state index in [4.69, 9.17) is 0 Å². The number of hydrogen-bond donors (Lipinski definition) is 2. The average Bonchev–Trinajstić information content (AvgIpc) is 3.03. The van der Waals surface area contributed by atoms with Crippen LogP contribution in [0.1, 0.15) is 43.0 Å². The number of fused-ring (bicyclic) bond motifs is 3. The molecule has 5 nitrogen and oxygen atoms in total. The number of nitrogens with zero attached hydrogens (tertiary/aromatic N) is 1. The monoisotopic (exact) mass is 414 g/mol. The van der Waals surface area contributed by atoms with E-state index in [1.54, 1.807) is 0 Å². The number of hydrogen-bond acceptors (Lipinski definition) is 3. The van der Waals surface area contributed by atoms with Crippen molar-refractivity contribution < 1.29 is 14.7 Å². The summed E-state index contributed by atoms with van der Waals surface area (Å²) in [6, 6.07) is 20.2. The molecule has 0 saturated carbocycles. The van der Waals surface area contributed by atoms with Crippen LogP contribution in [-0.2, 0) is 4.79 Å². The molecule has 0 aliphatic carbocycles. The Morgan fingerprint density at radius 1 is 0.903 bits per heavy atom. The quantitative estimate of drug-likeness (QED) is 0.658. The van der Waals surface area contributed by atoms with Crippen LogP contribution in [0.15, 0.2) is 60.7 Å². The number of anilines is 1. The lowest BCUT2D eigenvalue weighted by atomic mass is 9.97. The molecule has 3 aromatic carbocycles. The highest BCUT2D eigenvalue weighted by Gasteiger charge is 2.42. The predicted octanol–water partition coefficient (Wildman–Crippen LogP) is 4.59. The van der Waals surface area contributed by atoms with Crippen molar-refractivity contribution >= 4 is 28.3 Å². The highest BCUT2D eigenvalue weighted by atomic mass is 16.3. The van der Waals surface area contributed by atoms with Gasteiger partial charge in [-0.15, -0.1) is 0 Å². The highest BCUT2D eigenvalue weighted by Crippen LogP contribution is 2.37. The number of aliphatic hydroxyl groups excluding tert-OH is 1. The van der Waals surface area contributed by atoms with E-state index in [0.717, 1.165) is 40.4 Å². The fraction of sp³-hybridized carbons (Fsp3) is 0.308. The molecule has 1 unspecified atom stereocenters. The molecular formula is C26H26N2O3. The molecule has 0 aromatic heterocycles. The normalized spacial score (nSPS) is 22.5. The molecule has 158 valence electrons. The summed E-state index contributed by atoms with van der Waals surface area (Å²) in [5, 5.41) is 14.9. The molecule has 2 N–H and O–H groups in total. The summed E-state index contributed by atoms with van der Waals surface area (Å²) in [6.45, 7) is 1.50. The van der Waals surface area contributed by atoms with Gasteiger partial charge in [0.05, 0.1) is 6.10 Å². The molecule has 3 aromatic rings. The van der Waals surface area contributed by atoms with Gasteiger partial charge >= 0.3 is 0 Å². The first-order valence-corrected chi connectivity index (χ1v) is 10.9. The Morgan fingerprint density at radius 2 is 1.58 bits per heavy atom. The van der Waals surface area contributed by atoms with E-state index in [1.165, 1.54) is 6.92 Å². The number of benzene rings is 3. The van der Waals surface area contributed by atoms with E-state index in [9.17, 15) is 14.7 Å². The second-order valence-corrected chi connectivity index (χ2v) is 8.76. The molecule has 5 rings (SSSR count). The van der Waals surface area contributed by atoms with E-state index < -0.39 is 0 Å². The van der Waals surface area contributed by atoms with Crippen molar-refractivity contribution in [1.29, 1.82) is 0 Å². The molecule has 3 atom stereocenters.